The van der Waals surface area contributed by atoms with Crippen LogP contribution in [0.4, 0.5) is 0 Å². The molecule has 0 aromatic heterocycles. The SMILES string of the molecule is O=C(CC(CC(=O)C1CO1)C(=O)C1CO1)C1CO1. The molecule has 0 radical (unpaired) electrons. The van der Waals surface area contributed by atoms with Gasteiger partial charge in [-0.25, -0.2) is 0 Å². The van der Waals surface area contributed by atoms with Crippen molar-refractivity contribution < 1.29 is 28.6 Å². The number of carbonyl (C=O) groups is 3. The van der Waals surface area contributed by atoms with Gasteiger partial charge in [-0.05, 0) is 0 Å². The van der Waals surface area contributed by atoms with Crippen molar-refractivity contribution in [3.05, 3.63) is 0 Å². The Bertz CT molecular complexity index is 365. The summed E-state index contributed by atoms with van der Waals surface area (Å²) in [6.45, 7) is 1.26. The van der Waals surface area contributed by atoms with Crippen molar-refractivity contribution in [1.29, 1.82) is 0 Å². The zero-order valence-electron chi connectivity index (χ0n) is 9.79. The average molecular weight is 254 g/mol. The maximum atomic E-state index is 12.0. The van der Waals surface area contributed by atoms with Gasteiger partial charge < -0.3 is 14.2 Å². The number of rotatable bonds is 8. The lowest BCUT2D eigenvalue weighted by atomic mass is 9.89. The predicted octanol–water partition coefficient (Wildman–Crippen LogP) is -0.713. The summed E-state index contributed by atoms with van der Waals surface area (Å²) < 4.78 is 14.7. The van der Waals surface area contributed by atoms with Crippen molar-refractivity contribution in [1.82, 2.24) is 0 Å². The normalized spacial score (nSPS) is 33.7. The van der Waals surface area contributed by atoms with Crippen molar-refractivity contribution in [2.75, 3.05) is 19.8 Å². The first-order valence-electron chi connectivity index (χ1n) is 6.09. The van der Waals surface area contributed by atoms with Crippen molar-refractivity contribution in [2.24, 2.45) is 5.92 Å². The van der Waals surface area contributed by atoms with Crippen molar-refractivity contribution in [2.45, 2.75) is 31.2 Å². The van der Waals surface area contributed by atoms with Crippen LogP contribution < -0.4 is 0 Å². The molecule has 0 amide bonds. The molecule has 0 bridgehead atoms. The molecule has 6 heteroatoms. The highest BCUT2D eigenvalue weighted by molar-refractivity contribution is 5.97. The predicted molar refractivity (Wildman–Crippen MR) is 57.0 cm³/mol. The standard InChI is InChI=1S/C12H14O6/c13-7(9-3-16-9)1-6(12(15)11-5-18-11)2-8(14)10-4-17-10/h6,9-11H,1-5H2. The van der Waals surface area contributed by atoms with E-state index in [4.69, 9.17) is 14.2 Å². The van der Waals surface area contributed by atoms with E-state index < -0.39 is 12.0 Å². The third-order valence-corrected chi connectivity index (χ3v) is 3.33. The van der Waals surface area contributed by atoms with Crippen LogP contribution >= 0.6 is 0 Å². The van der Waals surface area contributed by atoms with E-state index in [1.165, 1.54) is 0 Å². The minimum atomic E-state index is -0.578. The molecule has 18 heavy (non-hydrogen) atoms. The summed E-state index contributed by atoms with van der Waals surface area (Å²) in [7, 11) is 0. The highest BCUT2D eigenvalue weighted by Gasteiger charge is 2.42. The quantitative estimate of drug-likeness (QED) is 0.531. The lowest BCUT2D eigenvalue weighted by molar-refractivity contribution is -0.132. The van der Waals surface area contributed by atoms with Gasteiger partial charge in [0.15, 0.2) is 17.3 Å². The van der Waals surface area contributed by atoms with E-state index in [-0.39, 0.29) is 42.4 Å². The second-order valence-corrected chi connectivity index (χ2v) is 4.91. The summed E-state index contributed by atoms with van der Waals surface area (Å²) in [4.78, 5) is 35.3. The van der Waals surface area contributed by atoms with Crippen LogP contribution in [0.15, 0.2) is 0 Å². The number of ether oxygens (including phenoxy) is 3. The molecule has 0 saturated carbocycles. The van der Waals surface area contributed by atoms with Crippen molar-refractivity contribution in [3.63, 3.8) is 0 Å². The first-order chi connectivity index (χ1) is 8.65. The molecule has 6 nitrogen and oxygen atoms in total. The van der Waals surface area contributed by atoms with Crippen LogP contribution in [-0.4, -0.2) is 55.5 Å². The zero-order chi connectivity index (χ0) is 12.7. The second kappa shape index (κ2) is 4.53. The second-order valence-electron chi connectivity index (χ2n) is 4.91. The lowest BCUT2D eigenvalue weighted by Crippen LogP contribution is -2.28. The Balaban J connectivity index is 1.59. The highest BCUT2D eigenvalue weighted by atomic mass is 16.6. The number of hydrogen-bond donors (Lipinski definition) is 0. The summed E-state index contributed by atoms with van der Waals surface area (Å²) in [5, 5.41) is 0. The summed E-state index contributed by atoms with van der Waals surface area (Å²) in [5.74, 6) is -0.916. The third-order valence-electron chi connectivity index (χ3n) is 3.33. The number of epoxide rings is 3. The van der Waals surface area contributed by atoms with Gasteiger partial charge in [0, 0.05) is 18.8 Å². The Hall–Kier alpha value is -1.11. The molecule has 0 aromatic carbocycles. The Labute approximate surface area is 104 Å². The summed E-state index contributed by atoms with van der Waals surface area (Å²) in [6, 6.07) is 0. The molecule has 3 rings (SSSR count). The Morgan fingerprint density at radius 1 is 0.833 bits per heavy atom. The molecule has 3 unspecified atom stereocenters. The fourth-order valence-corrected chi connectivity index (χ4v) is 1.97. The molecule has 3 fully saturated rings. The summed E-state index contributed by atoms with van der Waals surface area (Å²) in [6.07, 6.45) is -1.01. The van der Waals surface area contributed by atoms with Crippen LogP contribution in [-0.2, 0) is 28.6 Å². The molecule has 0 spiro atoms. The zero-order valence-corrected chi connectivity index (χ0v) is 9.79. The molecule has 3 saturated heterocycles. The van der Waals surface area contributed by atoms with Crippen LogP contribution in [0.2, 0.25) is 0 Å². The van der Waals surface area contributed by atoms with Crippen LogP contribution in [0.25, 0.3) is 0 Å². The maximum Gasteiger partial charge on any atom is 0.167 e. The van der Waals surface area contributed by atoms with Crippen molar-refractivity contribution in [3.8, 4) is 0 Å². The first kappa shape index (κ1) is 12.0. The lowest BCUT2D eigenvalue weighted by Gasteiger charge is -2.12. The van der Waals surface area contributed by atoms with E-state index in [1.807, 2.05) is 0 Å². The van der Waals surface area contributed by atoms with Gasteiger partial charge in [0.1, 0.15) is 18.3 Å². The molecule has 3 atom stereocenters. The summed E-state index contributed by atoms with van der Waals surface area (Å²) >= 11 is 0. The minimum Gasteiger partial charge on any atom is -0.365 e. The average Bonchev–Trinajstić information content (AvgIpc) is 3.17. The number of Topliss-reactive ketones (excluding diaryl/α,β-unsaturated/α-hetero) is 3. The fourth-order valence-electron chi connectivity index (χ4n) is 1.97. The highest BCUT2D eigenvalue weighted by Crippen LogP contribution is 2.26. The van der Waals surface area contributed by atoms with E-state index >= 15 is 0 Å². The van der Waals surface area contributed by atoms with E-state index in [1.54, 1.807) is 0 Å². The number of carbonyl (C=O) groups excluding carboxylic acids is 3. The van der Waals surface area contributed by atoms with Gasteiger partial charge in [0.2, 0.25) is 0 Å². The van der Waals surface area contributed by atoms with Crippen LogP contribution in [0.5, 0.6) is 0 Å². The molecule has 0 aliphatic carbocycles. The molecule has 0 aromatic rings. The van der Waals surface area contributed by atoms with Crippen molar-refractivity contribution >= 4 is 17.3 Å². The fraction of sp³-hybridized carbons (Fsp3) is 0.750. The van der Waals surface area contributed by atoms with Gasteiger partial charge in [-0.2, -0.15) is 0 Å². The van der Waals surface area contributed by atoms with Crippen LogP contribution in [0.1, 0.15) is 12.8 Å². The minimum absolute atomic E-state index is 0.0712. The van der Waals surface area contributed by atoms with Crippen LogP contribution in [0.3, 0.4) is 0 Å². The van der Waals surface area contributed by atoms with E-state index in [0.29, 0.717) is 19.8 Å². The largest absolute Gasteiger partial charge is 0.365 e. The smallest absolute Gasteiger partial charge is 0.167 e. The Morgan fingerprint density at radius 3 is 1.56 bits per heavy atom. The summed E-state index contributed by atoms with van der Waals surface area (Å²) in [5.41, 5.74) is 0. The number of hydrogen-bond acceptors (Lipinski definition) is 6. The molecular formula is C12H14O6. The van der Waals surface area contributed by atoms with Gasteiger partial charge in [-0.1, -0.05) is 0 Å². The van der Waals surface area contributed by atoms with E-state index in [9.17, 15) is 14.4 Å². The van der Waals surface area contributed by atoms with E-state index in [0.717, 1.165) is 0 Å². The molecular weight excluding hydrogens is 240 g/mol. The molecule has 3 heterocycles. The maximum absolute atomic E-state index is 12.0. The van der Waals surface area contributed by atoms with Gasteiger partial charge in [-0.3, -0.25) is 14.4 Å². The molecule has 98 valence electrons. The van der Waals surface area contributed by atoms with Gasteiger partial charge >= 0.3 is 0 Å². The van der Waals surface area contributed by atoms with Gasteiger partial charge in [0.25, 0.3) is 0 Å². The van der Waals surface area contributed by atoms with E-state index in [2.05, 4.69) is 0 Å². The topological polar surface area (TPSA) is 88.8 Å². The van der Waals surface area contributed by atoms with Gasteiger partial charge in [0.05, 0.1) is 19.8 Å². The molecule has 3 aliphatic heterocycles. The van der Waals surface area contributed by atoms with Gasteiger partial charge in [-0.15, -0.1) is 0 Å². The Kier molecular flexibility index (Phi) is 3.01. The third kappa shape index (κ3) is 2.82. The van der Waals surface area contributed by atoms with Crippen LogP contribution in [0, 0.1) is 5.92 Å². The monoisotopic (exact) mass is 254 g/mol. The first-order valence-corrected chi connectivity index (χ1v) is 6.09. The Morgan fingerprint density at radius 2 is 1.22 bits per heavy atom. The molecule has 0 N–H and O–H groups in total. The molecule has 3 aliphatic rings. The number of ketones is 3.